The summed E-state index contributed by atoms with van der Waals surface area (Å²) in [6, 6.07) is 6.01. The van der Waals surface area contributed by atoms with Crippen molar-refractivity contribution in [3.05, 3.63) is 23.8 Å². The molecular formula is C15H21NO. The van der Waals surface area contributed by atoms with E-state index in [0.717, 1.165) is 35.8 Å². The van der Waals surface area contributed by atoms with E-state index in [0.29, 0.717) is 0 Å². The second-order valence-corrected chi connectivity index (χ2v) is 5.79. The molecule has 0 radical (unpaired) electrons. The van der Waals surface area contributed by atoms with Gasteiger partial charge < -0.3 is 10.5 Å². The van der Waals surface area contributed by atoms with Crippen molar-refractivity contribution in [2.75, 3.05) is 12.3 Å². The van der Waals surface area contributed by atoms with Gasteiger partial charge in [0.1, 0.15) is 5.75 Å². The Morgan fingerprint density at radius 2 is 2.18 bits per heavy atom. The lowest BCUT2D eigenvalue weighted by Gasteiger charge is -2.22. The molecule has 3 atom stereocenters. The molecule has 2 saturated carbocycles. The Labute approximate surface area is 103 Å². The van der Waals surface area contributed by atoms with Crippen molar-refractivity contribution in [1.82, 2.24) is 0 Å². The molecule has 1 aromatic rings. The van der Waals surface area contributed by atoms with Crippen molar-refractivity contribution in [3.63, 3.8) is 0 Å². The lowest BCUT2D eigenvalue weighted by molar-refractivity contribution is 0.196. The molecule has 0 aliphatic heterocycles. The zero-order chi connectivity index (χ0) is 11.8. The summed E-state index contributed by atoms with van der Waals surface area (Å²) in [5.74, 6) is 3.55. The molecule has 0 saturated heterocycles. The smallest absolute Gasteiger partial charge is 0.142 e. The van der Waals surface area contributed by atoms with Gasteiger partial charge in [0.2, 0.25) is 0 Å². The summed E-state index contributed by atoms with van der Waals surface area (Å²) < 4.78 is 5.93. The van der Waals surface area contributed by atoms with Crippen molar-refractivity contribution in [2.45, 2.75) is 32.6 Å². The Hall–Kier alpha value is -1.18. The monoisotopic (exact) mass is 231 g/mol. The van der Waals surface area contributed by atoms with Gasteiger partial charge in [0.05, 0.1) is 12.3 Å². The topological polar surface area (TPSA) is 35.2 Å². The number of hydrogen-bond donors (Lipinski definition) is 1. The maximum atomic E-state index is 5.93. The quantitative estimate of drug-likeness (QED) is 0.809. The largest absolute Gasteiger partial charge is 0.491 e. The van der Waals surface area contributed by atoms with Gasteiger partial charge in [0.25, 0.3) is 0 Å². The van der Waals surface area contributed by atoms with Crippen LogP contribution in [-0.2, 0) is 0 Å². The highest BCUT2D eigenvalue weighted by atomic mass is 16.5. The molecule has 92 valence electrons. The van der Waals surface area contributed by atoms with Crippen LogP contribution in [0.1, 0.15) is 31.2 Å². The molecule has 0 amide bonds. The Kier molecular flexibility index (Phi) is 2.73. The summed E-state index contributed by atoms with van der Waals surface area (Å²) in [7, 11) is 0. The number of rotatable bonds is 3. The van der Waals surface area contributed by atoms with Crippen LogP contribution >= 0.6 is 0 Å². The van der Waals surface area contributed by atoms with E-state index in [1.165, 1.54) is 31.2 Å². The van der Waals surface area contributed by atoms with E-state index >= 15 is 0 Å². The molecule has 2 heteroatoms. The van der Waals surface area contributed by atoms with E-state index < -0.39 is 0 Å². The fourth-order valence-electron chi connectivity index (χ4n) is 3.54. The number of hydrogen-bond acceptors (Lipinski definition) is 2. The molecule has 0 heterocycles. The molecule has 2 nitrogen and oxygen atoms in total. The van der Waals surface area contributed by atoms with Gasteiger partial charge in [-0.25, -0.2) is 0 Å². The number of nitrogen functional groups attached to an aromatic ring is 1. The first-order valence-corrected chi connectivity index (χ1v) is 6.71. The number of nitrogens with two attached hydrogens (primary N) is 1. The van der Waals surface area contributed by atoms with Crippen molar-refractivity contribution >= 4 is 5.69 Å². The van der Waals surface area contributed by atoms with Crippen LogP contribution in [0.15, 0.2) is 18.2 Å². The SMILES string of the molecule is Cc1ccc(N)c(OCC2CC3CCC2C3)c1. The van der Waals surface area contributed by atoms with Crippen LogP contribution in [0.4, 0.5) is 5.69 Å². The Morgan fingerprint density at radius 1 is 1.29 bits per heavy atom. The zero-order valence-electron chi connectivity index (χ0n) is 10.5. The predicted octanol–water partition coefficient (Wildman–Crippen LogP) is 3.39. The molecule has 0 aromatic heterocycles. The van der Waals surface area contributed by atoms with Gasteiger partial charge in [-0.15, -0.1) is 0 Å². The fraction of sp³-hybridized carbons (Fsp3) is 0.600. The Morgan fingerprint density at radius 3 is 2.88 bits per heavy atom. The van der Waals surface area contributed by atoms with Gasteiger partial charge in [-0.1, -0.05) is 12.5 Å². The van der Waals surface area contributed by atoms with E-state index in [-0.39, 0.29) is 0 Å². The lowest BCUT2D eigenvalue weighted by Crippen LogP contribution is -2.18. The van der Waals surface area contributed by atoms with Crippen LogP contribution in [0.5, 0.6) is 5.75 Å². The number of fused-ring (bicyclic) bond motifs is 2. The summed E-state index contributed by atoms with van der Waals surface area (Å²) >= 11 is 0. The first-order valence-electron chi connectivity index (χ1n) is 6.71. The van der Waals surface area contributed by atoms with Crippen molar-refractivity contribution in [1.29, 1.82) is 0 Å². The summed E-state index contributed by atoms with van der Waals surface area (Å²) in [5, 5.41) is 0. The van der Waals surface area contributed by atoms with Gasteiger partial charge >= 0.3 is 0 Å². The highest BCUT2D eigenvalue weighted by Crippen LogP contribution is 2.48. The van der Waals surface area contributed by atoms with Gasteiger partial charge in [0.15, 0.2) is 0 Å². The van der Waals surface area contributed by atoms with Crippen molar-refractivity contribution in [2.24, 2.45) is 17.8 Å². The molecule has 3 rings (SSSR count). The van der Waals surface area contributed by atoms with Gasteiger partial charge in [-0.3, -0.25) is 0 Å². The van der Waals surface area contributed by atoms with Crippen LogP contribution in [0.25, 0.3) is 0 Å². The molecule has 3 unspecified atom stereocenters. The minimum atomic E-state index is 0.763. The zero-order valence-corrected chi connectivity index (χ0v) is 10.5. The average molecular weight is 231 g/mol. The van der Waals surface area contributed by atoms with Crippen LogP contribution < -0.4 is 10.5 Å². The summed E-state index contributed by atoms with van der Waals surface area (Å²) in [6.45, 7) is 2.93. The Bertz CT molecular complexity index is 415. The number of aryl methyl sites for hydroxylation is 1. The van der Waals surface area contributed by atoms with Crippen LogP contribution in [-0.4, -0.2) is 6.61 Å². The van der Waals surface area contributed by atoms with Gasteiger partial charge in [0, 0.05) is 0 Å². The molecular weight excluding hydrogens is 210 g/mol. The van der Waals surface area contributed by atoms with E-state index in [4.69, 9.17) is 10.5 Å². The summed E-state index contributed by atoms with van der Waals surface area (Å²) in [4.78, 5) is 0. The third-order valence-electron chi connectivity index (χ3n) is 4.51. The number of ether oxygens (including phenoxy) is 1. The van der Waals surface area contributed by atoms with Crippen LogP contribution in [0.2, 0.25) is 0 Å². The van der Waals surface area contributed by atoms with E-state index in [1.54, 1.807) is 0 Å². The van der Waals surface area contributed by atoms with E-state index in [9.17, 15) is 0 Å². The minimum Gasteiger partial charge on any atom is -0.491 e. The first kappa shape index (κ1) is 10.9. The molecule has 2 fully saturated rings. The molecule has 0 spiro atoms. The second kappa shape index (κ2) is 4.25. The third kappa shape index (κ3) is 2.13. The fourth-order valence-corrected chi connectivity index (χ4v) is 3.54. The number of benzene rings is 1. The standard InChI is InChI=1S/C15H21NO/c1-10-2-5-14(16)15(6-10)17-9-13-8-11-3-4-12(13)7-11/h2,5-6,11-13H,3-4,7-9,16H2,1H3. The highest BCUT2D eigenvalue weighted by molar-refractivity contribution is 5.53. The highest BCUT2D eigenvalue weighted by Gasteiger charge is 2.39. The van der Waals surface area contributed by atoms with E-state index in [2.05, 4.69) is 6.92 Å². The number of anilines is 1. The predicted molar refractivity (Wildman–Crippen MR) is 70.0 cm³/mol. The molecule has 1 aromatic carbocycles. The van der Waals surface area contributed by atoms with Crippen LogP contribution in [0.3, 0.4) is 0 Å². The molecule has 17 heavy (non-hydrogen) atoms. The normalized spacial score (nSPS) is 30.8. The second-order valence-electron chi connectivity index (χ2n) is 5.79. The van der Waals surface area contributed by atoms with Crippen molar-refractivity contribution < 1.29 is 4.74 Å². The van der Waals surface area contributed by atoms with Crippen molar-refractivity contribution in [3.8, 4) is 5.75 Å². The lowest BCUT2D eigenvalue weighted by atomic mass is 9.89. The molecule has 2 N–H and O–H groups in total. The summed E-state index contributed by atoms with van der Waals surface area (Å²) in [6.07, 6.45) is 5.68. The summed E-state index contributed by atoms with van der Waals surface area (Å²) in [5.41, 5.74) is 7.90. The van der Waals surface area contributed by atoms with Crippen LogP contribution in [0, 0.1) is 24.7 Å². The molecule has 2 aliphatic carbocycles. The van der Waals surface area contributed by atoms with E-state index in [1.807, 2.05) is 18.2 Å². The average Bonchev–Trinajstić information content (AvgIpc) is 2.92. The maximum absolute atomic E-state index is 5.93. The third-order valence-corrected chi connectivity index (χ3v) is 4.51. The minimum absolute atomic E-state index is 0.763. The molecule has 2 aliphatic rings. The van der Waals surface area contributed by atoms with Gasteiger partial charge in [-0.2, -0.15) is 0 Å². The molecule has 2 bridgehead atoms. The van der Waals surface area contributed by atoms with Gasteiger partial charge in [-0.05, 0) is 61.6 Å². The Balaban J connectivity index is 1.62. The first-order chi connectivity index (χ1) is 8.22. The maximum Gasteiger partial charge on any atom is 0.142 e.